The van der Waals surface area contributed by atoms with Crippen LogP contribution < -0.4 is 0 Å². The van der Waals surface area contributed by atoms with E-state index in [1.54, 1.807) is 48.5 Å². The van der Waals surface area contributed by atoms with E-state index >= 15 is 0 Å². The summed E-state index contributed by atoms with van der Waals surface area (Å²) < 4.78 is 11.3. The average Bonchev–Trinajstić information content (AvgIpc) is 2.65. The first-order chi connectivity index (χ1) is 12.3. The van der Waals surface area contributed by atoms with E-state index in [1.165, 1.54) is 0 Å². The second-order valence-corrected chi connectivity index (χ2v) is 7.37. The Morgan fingerprint density at radius 1 is 0.846 bits per heavy atom. The Hall–Kier alpha value is -2.62. The van der Waals surface area contributed by atoms with Gasteiger partial charge in [0.15, 0.2) is 0 Å². The highest BCUT2D eigenvalue weighted by Gasteiger charge is 2.36. The van der Waals surface area contributed by atoms with Crippen LogP contribution in [0, 0.1) is 11.3 Å². The van der Waals surface area contributed by atoms with Crippen molar-refractivity contribution >= 4 is 11.9 Å². The van der Waals surface area contributed by atoms with E-state index in [4.69, 9.17) is 9.47 Å². The highest BCUT2D eigenvalue weighted by molar-refractivity contribution is 5.90. The highest BCUT2D eigenvalue weighted by Crippen LogP contribution is 2.30. The van der Waals surface area contributed by atoms with Gasteiger partial charge < -0.3 is 9.47 Å². The molecule has 2 aromatic carbocycles. The largest absolute Gasteiger partial charge is 0.461 e. The Morgan fingerprint density at radius 2 is 1.31 bits per heavy atom. The average molecular weight is 354 g/mol. The molecule has 0 saturated carbocycles. The predicted octanol–water partition coefficient (Wildman–Crippen LogP) is 4.75. The maximum absolute atomic E-state index is 12.4. The first-order valence-corrected chi connectivity index (χ1v) is 8.79. The van der Waals surface area contributed by atoms with Crippen LogP contribution in [0.1, 0.15) is 48.4 Å². The molecule has 2 rings (SSSR count). The SMILES string of the molecule is CC(C)[C@H](OC(=O)c1ccccc1)C(C)(C)COC(=O)c1ccccc1. The molecule has 0 radical (unpaired) electrons. The molecular formula is C22H26O4. The minimum atomic E-state index is -0.525. The lowest BCUT2D eigenvalue weighted by Crippen LogP contribution is -2.41. The van der Waals surface area contributed by atoms with Crippen LogP contribution in [0.5, 0.6) is 0 Å². The third-order valence-corrected chi connectivity index (χ3v) is 4.20. The zero-order valence-electron chi connectivity index (χ0n) is 15.8. The molecule has 0 spiro atoms. The van der Waals surface area contributed by atoms with Crippen molar-refractivity contribution in [3.05, 3.63) is 71.8 Å². The summed E-state index contributed by atoms with van der Waals surface area (Å²) in [6.07, 6.45) is -0.390. The number of carbonyl (C=O) groups is 2. The number of ether oxygens (including phenoxy) is 2. The normalized spacial score (nSPS) is 12.5. The van der Waals surface area contributed by atoms with Gasteiger partial charge in [0.1, 0.15) is 12.7 Å². The van der Waals surface area contributed by atoms with E-state index in [1.807, 2.05) is 39.8 Å². The molecule has 0 saturated heterocycles. The van der Waals surface area contributed by atoms with Crippen LogP contribution in [0.15, 0.2) is 60.7 Å². The number of rotatable bonds is 7. The Labute approximate surface area is 155 Å². The minimum Gasteiger partial charge on any atom is -0.461 e. The molecule has 1 atom stereocenters. The van der Waals surface area contributed by atoms with Crippen LogP contribution in [-0.2, 0) is 9.47 Å². The van der Waals surface area contributed by atoms with Crippen LogP contribution >= 0.6 is 0 Å². The van der Waals surface area contributed by atoms with Gasteiger partial charge in [0.25, 0.3) is 0 Å². The predicted molar refractivity (Wildman–Crippen MR) is 101 cm³/mol. The molecule has 0 aliphatic rings. The van der Waals surface area contributed by atoms with Gasteiger partial charge in [-0.15, -0.1) is 0 Å². The first-order valence-electron chi connectivity index (χ1n) is 8.79. The van der Waals surface area contributed by atoms with E-state index in [0.717, 1.165) is 0 Å². The van der Waals surface area contributed by atoms with Crippen LogP contribution in [-0.4, -0.2) is 24.6 Å². The summed E-state index contributed by atoms with van der Waals surface area (Å²) >= 11 is 0. The van der Waals surface area contributed by atoms with Crippen molar-refractivity contribution in [2.75, 3.05) is 6.61 Å². The zero-order chi connectivity index (χ0) is 19.2. The Kier molecular flexibility index (Phi) is 6.56. The molecular weight excluding hydrogens is 328 g/mol. The van der Waals surface area contributed by atoms with E-state index < -0.39 is 11.5 Å². The minimum absolute atomic E-state index is 0.0769. The summed E-state index contributed by atoms with van der Waals surface area (Å²) in [6.45, 7) is 8.02. The Morgan fingerprint density at radius 3 is 1.77 bits per heavy atom. The van der Waals surface area contributed by atoms with Crippen LogP contribution in [0.25, 0.3) is 0 Å². The number of benzene rings is 2. The topological polar surface area (TPSA) is 52.6 Å². The number of hydrogen-bond donors (Lipinski definition) is 0. The molecule has 138 valence electrons. The molecule has 4 heteroatoms. The molecule has 0 aliphatic heterocycles. The third kappa shape index (κ3) is 5.19. The number of carbonyl (C=O) groups excluding carboxylic acids is 2. The van der Waals surface area contributed by atoms with Gasteiger partial charge in [0.05, 0.1) is 11.1 Å². The maximum Gasteiger partial charge on any atom is 0.338 e. The standard InChI is InChI=1S/C22H26O4/c1-16(2)19(26-21(24)18-13-9-6-10-14-18)22(3,4)15-25-20(23)17-11-7-5-8-12-17/h5-14,16,19H,15H2,1-4H3/t19-/m0/s1. The lowest BCUT2D eigenvalue weighted by Gasteiger charge is -2.35. The number of esters is 2. The van der Waals surface area contributed by atoms with Crippen LogP contribution in [0.2, 0.25) is 0 Å². The van der Waals surface area contributed by atoms with Gasteiger partial charge in [-0.1, -0.05) is 64.1 Å². The summed E-state index contributed by atoms with van der Waals surface area (Å²) in [5, 5.41) is 0. The second-order valence-electron chi connectivity index (χ2n) is 7.37. The van der Waals surface area contributed by atoms with E-state index in [-0.39, 0.29) is 24.5 Å². The number of hydrogen-bond acceptors (Lipinski definition) is 4. The van der Waals surface area contributed by atoms with Crippen molar-refractivity contribution in [3.63, 3.8) is 0 Å². The fraction of sp³-hybridized carbons (Fsp3) is 0.364. The molecule has 0 heterocycles. The quantitative estimate of drug-likeness (QED) is 0.673. The van der Waals surface area contributed by atoms with Crippen molar-refractivity contribution in [2.45, 2.75) is 33.8 Å². The smallest absolute Gasteiger partial charge is 0.338 e. The van der Waals surface area contributed by atoms with Crippen molar-refractivity contribution in [1.82, 2.24) is 0 Å². The molecule has 0 aromatic heterocycles. The van der Waals surface area contributed by atoms with Gasteiger partial charge >= 0.3 is 11.9 Å². The van der Waals surface area contributed by atoms with E-state index in [9.17, 15) is 9.59 Å². The van der Waals surface area contributed by atoms with Crippen molar-refractivity contribution < 1.29 is 19.1 Å². The maximum atomic E-state index is 12.4. The Balaban J connectivity index is 2.04. The highest BCUT2D eigenvalue weighted by atomic mass is 16.6. The zero-order valence-corrected chi connectivity index (χ0v) is 15.8. The second kappa shape index (κ2) is 8.65. The summed E-state index contributed by atoms with van der Waals surface area (Å²) in [5.41, 5.74) is 0.490. The summed E-state index contributed by atoms with van der Waals surface area (Å²) in [4.78, 5) is 24.6. The molecule has 0 N–H and O–H groups in total. The van der Waals surface area contributed by atoms with Crippen molar-refractivity contribution in [3.8, 4) is 0 Å². The molecule has 0 aliphatic carbocycles. The molecule has 0 fully saturated rings. The summed E-state index contributed by atoms with van der Waals surface area (Å²) in [7, 11) is 0. The van der Waals surface area contributed by atoms with Gasteiger partial charge in [0.2, 0.25) is 0 Å². The molecule has 0 bridgehead atoms. The monoisotopic (exact) mass is 354 g/mol. The van der Waals surface area contributed by atoms with Gasteiger partial charge in [-0.2, -0.15) is 0 Å². The lowest BCUT2D eigenvalue weighted by atomic mass is 9.81. The third-order valence-electron chi connectivity index (χ3n) is 4.20. The lowest BCUT2D eigenvalue weighted by molar-refractivity contribution is -0.0524. The fourth-order valence-electron chi connectivity index (χ4n) is 2.95. The Bertz CT molecular complexity index is 720. The van der Waals surface area contributed by atoms with Gasteiger partial charge in [-0.25, -0.2) is 9.59 Å². The van der Waals surface area contributed by atoms with Gasteiger partial charge in [-0.3, -0.25) is 0 Å². The van der Waals surface area contributed by atoms with E-state index in [2.05, 4.69) is 0 Å². The molecule has 0 unspecified atom stereocenters. The van der Waals surface area contributed by atoms with Gasteiger partial charge in [-0.05, 0) is 30.2 Å². The van der Waals surface area contributed by atoms with Gasteiger partial charge in [0, 0.05) is 5.41 Å². The summed E-state index contributed by atoms with van der Waals surface area (Å²) in [6, 6.07) is 17.8. The molecule has 0 amide bonds. The van der Waals surface area contributed by atoms with Crippen LogP contribution in [0.4, 0.5) is 0 Å². The van der Waals surface area contributed by atoms with Crippen molar-refractivity contribution in [2.24, 2.45) is 11.3 Å². The molecule has 26 heavy (non-hydrogen) atoms. The summed E-state index contributed by atoms with van der Waals surface area (Å²) in [5.74, 6) is -0.671. The van der Waals surface area contributed by atoms with E-state index in [0.29, 0.717) is 11.1 Å². The van der Waals surface area contributed by atoms with Crippen molar-refractivity contribution in [1.29, 1.82) is 0 Å². The van der Waals surface area contributed by atoms with Crippen LogP contribution in [0.3, 0.4) is 0 Å². The molecule has 4 nitrogen and oxygen atoms in total. The molecule has 2 aromatic rings. The first kappa shape index (κ1) is 19.7. The fourth-order valence-corrected chi connectivity index (χ4v) is 2.95.